The third-order valence-corrected chi connectivity index (χ3v) is 2.76. The second kappa shape index (κ2) is 8.58. The first kappa shape index (κ1) is 19.8. The number of hydrogen-bond donors (Lipinski definition) is 2. The van der Waals surface area contributed by atoms with E-state index in [4.69, 9.17) is 9.47 Å². The predicted molar refractivity (Wildman–Crippen MR) is 83.2 cm³/mol. The van der Waals surface area contributed by atoms with Gasteiger partial charge in [-0.15, -0.1) is 0 Å². The quantitative estimate of drug-likeness (QED) is 0.775. The summed E-state index contributed by atoms with van der Waals surface area (Å²) in [6.45, 7) is 4.96. The van der Waals surface area contributed by atoms with Crippen molar-refractivity contribution < 1.29 is 27.8 Å². The van der Waals surface area contributed by atoms with E-state index < -0.39 is 35.3 Å². The Morgan fingerprint density at radius 2 is 1.75 bits per heavy atom. The number of carbonyl (C=O) groups is 2. The van der Waals surface area contributed by atoms with E-state index in [1.807, 2.05) is 0 Å². The summed E-state index contributed by atoms with van der Waals surface area (Å²) in [5.74, 6) is -2.09. The maximum absolute atomic E-state index is 13.3. The molecule has 1 unspecified atom stereocenters. The number of methoxy groups -OCH3 is 1. The van der Waals surface area contributed by atoms with Crippen LogP contribution in [0.5, 0.6) is 0 Å². The van der Waals surface area contributed by atoms with Crippen molar-refractivity contribution in [1.29, 1.82) is 0 Å². The van der Waals surface area contributed by atoms with Crippen LogP contribution in [0.25, 0.3) is 0 Å². The number of carbonyl (C=O) groups excluding carboxylic acids is 2. The van der Waals surface area contributed by atoms with Gasteiger partial charge in [-0.05, 0) is 38.5 Å². The molecule has 2 N–H and O–H groups in total. The number of hydrogen-bond acceptors (Lipinski definition) is 4. The highest BCUT2D eigenvalue weighted by Gasteiger charge is 2.25. The van der Waals surface area contributed by atoms with Gasteiger partial charge in [0.25, 0.3) is 0 Å². The van der Waals surface area contributed by atoms with Crippen molar-refractivity contribution in [2.24, 2.45) is 0 Å². The van der Waals surface area contributed by atoms with Gasteiger partial charge in [-0.25, -0.2) is 13.6 Å². The highest BCUT2D eigenvalue weighted by Crippen LogP contribution is 2.12. The van der Waals surface area contributed by atoms with Crippen LogP contribution in [-0.4, -0.2) is 37.5 Å². The summed E-state index contributed by atoms with van der Waals surface area (Å²) < 4.78 is 36.4. The van der Waals surface area contributed by atoms with Gasteiger partial charge in [-0.3, -0.25) is 4.79 Å². The molecule has 1 rings (SSSR count). The number of alkyl carbamates (subject to hydrolysis) is 1. The van der Waals surface area contributed by atoms with Gasteiger partial charge in [0.15, 0.2) is 0 Å². The molecule has 8 heteroatoms. The van der Waals surface area contributed by atoms with E-state index in [1.165, 1.54) is 7.11 Å². The Morgan fingerprint density at radius 3 is 2.25 bits per heavy atom. The molecular formula is C16H22F2N2O4. The lowest BCUT2D eigenvalue weighted by Crippen LogP contribution is -2.49. The topological polar surface area (TPSA) is 76.7 Å². The van der Waals surface area contributed by atoms with E-state index in [1.54, 1.807) is 20.8 Å². The molecule has 1 aromatic carbocycles. The maximum Gasteiger partial charge on any atom is 0.408 e. The number of rotatable bonds is 6. The number of nitrogens with one attached hydrogen (secondary N) is 2. The Labute approximate surface area is 139 Å². The molecule has 1 atom stereocenters. The van der Waals surface area contributed by atoms with Crippen LogP contribution < -0.4 is 10.6 Å². The van der Waals surface area contributed by atoms with Gasteiger partial charge in [-0.1, -0.05) is 0 Å². The summed E-state index contributed by atoms with van der Waals surface area (Å²) >= 11 is 0. The zero-order chi connectivity index (χ0) is 18.3. The second-order valence-corrected chi connectivity index (χ2v) is 6.15. The Morgan fingerprint density at radius 1 is 1.17 bits per heavy atom. The van der Waals surface area contributed by atoms with Crippen molar-refractivity contribution in [1.82, 2.24) is 10.6 Å². The van der Waals surface area contributed by atoms with Crippen LogP contribution in [-0.2, 0) is 20.7 Å². The Hall–Kier alpha value is -2.22. The fourth-order valence-corrected chi connectivity index (χ4v) is 1.89. The first-order valence-electron chi connectivity index (χ1n) is 7.32. The van der Waals surface area contributed by atoms with Gasteiger partial charge in [-0.2, -0.15) is 0 Å². The van der Waals surface area contributed by atoms with E-state index in [2.05, 4.69) is 10.6 Å². The Kier molecular flexibility index (Phi) is 7.09. The highest BCUT2D eigenvalue weighted by atomic mass is 19.1. The maximum atomic E-state index is 13.3. The number of ether oxygens (including phenoxy) is 2. The molecule has 0 aliphatic carbocycles. The Balaban J connectivity index is 2.88. The molecule has 0 radical (unpaired) electrons. The monoisotopic (exact) mass is 344 g/mol. The second-order valence-electron chi connectivity index (χ2n) is 6.15. The van der Waals surface area contributed by atoms with Gasteiger partial charge < -0.3 is 20.1 Å². The van der Waals surface area contributed by atoms with E-state index in [9.17, 15) is 18.4 Å². The van der Waals surface area contributed by atoms with Crippen molar-refractivity contribution in [3.8, 4) is 0 Å². The lowest BCUT2D eigenvalue weighted by molar-refractivity contribution is -0.124. The lowest BCUT2D eigenvalue weighted by atomic mass is 10.0. The Bertz CT molecular complexity index is 568. The minimum Gasteiger partial charge on any atom is -0.444 e. The molecule has 0 heterocycles. The van der Waals surface area contributed by atoms with Crippen LogP contribution in [0, 0.1) is 11.6 Å². The first-order chi connectivity index (χ1) is 11.1. The normalized spacial score (nSPS) is 12.4. The zero-order valence-electron chi connectivity index (χ0n) is 14.1. The standard InChI is InChI=1S/C16H22F2N2O4/c1-16(2,3)24-15(22)20-13(14(21)19-9-23-4)7-10-5-11(17)8-12(18)6-10/h5-6,8,13H,7,9H2,1-4H3,(H,19,21)(H,20,22). The van der Waals surface area contributed by atoms with E-state index in [0.29, 0.717) is 0 Å². The smallest absolute Gasteiger partial charge is 0.408 e. The molecule has 0 saturated heterocycles. The minimum atomic E-state index is -1.07. The molecule has 6 nitrogen and oxygen atoms in total. The van der Waals surface area contributed by atoms with Gasteiger partial charge >= 0.3 is 6.09 Å². The fourth-order valence-electron chi connectivity index (χ4n) is 1.89. The third-order valence-electron chi connectivity index (χ3n) is 2.76. The lowest BCUT2D eigenvalue weighted by Gasteiger charge is -2.23. The molecule has 0 aliphatic rings. The average molecular weight is 344 g/mol. The van der Waals surface area contributed by atoms with Crippen LogP contribution >= 0.6 is 0 Å². The van der Waals surface area contributed by atoms with Gasteiger partial charge in [0.1, 0.15) is 30.0 Å². The summed E-state index contributed by atoms with van der Waals surface area (Å²) in [6.07, 6.45) is -0.916. The van der Waals surface area contributed by atoms with Crippen molar-refractivity contribution in [2.45, 2.75) is 38.8 Å². The molecule has 0 aliphatic heterocycles. The van der Waals surface area contributed by atoms with E-state index >= 15 is 0 Å². The molecule has 1 aromatic rings. The highest BCUT2D eigenvalue weighted by molar-refractivity contribution is 5.85. The van der Waals surface area contributed by atoms with Crippen LogP contribution in [0.3, 0.4) is 0 Å². The molecule has 0 spiro atoms. The van der Waals surface area contributed by atoms with Crippen molar-refractivity contribution in [3.63, 3.8) is 0 Å². The van der Waals surface area contributed by atoms with Crippen molar-refractivity contribution in [2.75, 3.05) is 13.8 Å². The molecule has 2 amide bonds. The molecule has 0 aromatic heterocycles. The van der Waals surface area contributed by atoms with Crippen LogP contribution in [0.2, 0.25) is 0 Å². The molecule has 0 bridgehead atoms. The minimum absolute atomic E-state index is 0.0666. The molecule has 134 valence electrons. The third kappa shape index (κ3) is 7.36. The van der Waals surface area contributed by atoms with E-state index in [-0.39, 0.29) is 18.7 Å². The first-order valence-corrected chi connectivity index (χ1v) is 7.32. The summed E-state index contributed by atoms with van der Waals surface area (Å²) in [6, 6.07) is 1.84. The molecule has 0 saturated carbocycles. The summed E-state index contributed by atoms with van der Waals surface area (Å²) in [7, 11) is 1.39. The van der Waals surface area contributed by atoms with Crippen molar-refractivity contribution >= 4 is 12.0 Å². The molecule has 24 heavy (non-hydrogen) atoms. The average Bonchev–Trinajstić information content (AvgIpc) is 2.40. The molecular weight excluding hydrogens is 322 g/mol. The van der Waals surface area contributed by atoms with E-state index in [0.717, 1.165) is 18.2 Å². The summed E-state index contributed by atoms with van der Waals surface area (Å²) in [4.78, 5) is 24.0. The largest absolute Gasteiger partial charge is 0.444 e. The number of amides is 2. The van der Waals surface area contributed by atoms with Gasteiger partial charge in [0.05, 0.1) is 0 Å². The fraction of sp³-hybridized carbons (Fsp3) is 0.500. The van der Waals surface area contributed by atoms with Crippen LogP contribution in [0.15, 0.2) is 18.2 Å². The van der Waals surface area contributed by atoms with Gasteiger partial charge in [0.2, 0.25) is 5.91 Å². The van der Waals surface area contributed by atoms with Gasteiger partial charge in [0, 0.05) is 19.6 Å². The zero-order valence-corrected chi connectivity index (χ0v) is 14.1. The van der Waals surface area contributed by atoms with Crippen LogP contribution in [0.1, 0.15) is 26.3 Å². The van der Waals surface area contributed by atoms with Crippen molar-refractivity contribution in [3.05, 3.63) is 35.4 Å². The number of halogens is 2. The molecule has 0 fully saturated rings. The summed E-state index contributed by atoms with van der Waals surface area (Å²) in [5.41, 5.74) is -0.524. The SMILES string of the molecule is COCNC(=O)C(Cc1cc(F)cc(F)c1)NC(=O)OC(C)(C)C. The predicted octanol–water partition coefficient (Wildman–Crippen LogP) is 2.12. The van der Waals surface area contributed by atoms with Crippen LogP contribution in [0.4, 0.5) is 13.6 Å². The number of benzene rings is 1. The summed E-state index contributed by atoms with van der Waals surface area (Å²) in [5, 5.41) is 4.83.